The SMILES string of the molecule is O=C1c2ccccc2C(=O)c2c1nc1ccc(-c3ccc4ccccc4c3)cn21. The molecule has 0 N–H and O–H groups in total. The molecule has 1 aliphatic carbocycles. The zero-order chi connectivity index (χ0) is 19.5. The Balaban J connectivity index is 1.57. The van der Waals surface area contributed by atoms with E-state index in [1.165, 1.54) is 5.39 Å². The van der Waals surface area contributed by atoms with Gasteiger partial charge in [0.15, 0.2) is 0 Å². The van der Waals surface area contributed by atoms with Gasteiger partial charge in [-0.3, -0.25) is 14.0 Å². The Morgan fingerprint density at radius 2 is 1.34 bits per heavy atom. The van der Waals surface area contributed by atoms with Gasteiger partial charge in [0.25, 0.3) is 0 Å². The van der Waals surface area contributed by atoms with Gasteiger partial charge in [-0.05, 0) is 40.1 Å². The Labute approximate surface area is 166 Å². The highest BCUT2D eigenvalue weighted by Gasteiger charge is 2.33. The van der Waals surface area contributed by atoms with Gasteiger partial charge < -0.3 is 0 Å². The van der Waals surface area contributed by atoms with Gasteiger partial charge in [0, 0.05) is 17.3 Å². The van der Waals surface area contributed by atoms with Crippen molar-refractivity contribution in [2.45, 2.75) is 0 Å². The summed E-state index contributed by atoms with van der Waals surface area (Å²) in [6.07, 6.45) is 1.89. The average molecular weight is 374 g/mol. The van der Waals surface area contributed by atoms with E-state index in [0.29, 0.717) is 22.5 Å². The van der Waals surface area contributed by atoms with E-state index >= 15 is 0 Å². The Morgan fingerprint density at radius 1 is 0.655 bits per heavy atom. The summed E-state index contributed by atoms with van der Waals surface area (Å²) in [5.41, 5.74) is 4.02. The highest BCUT2D eigenvalue weighted by Crippen LogP contribution is 2.30. The van der Waals surface area contributed by atoms with Gasteiger partial charge in [-0.25, -0.2) is 4.98 Å². The maximum atomic E-state index is 13.1. The molecule has 1 aliphatic rings. The molecular formula is C25H14N2O2. The van der Waals surface area contributed by atoms with E-state index in [1.807, 2.05) is 30.5 Å². The highest BCUT2D eigenvalue weighted by atomic mass is 16.1. The lowest BCUT2D eigenvalue weighted by molar-refractivity contribution is 0.0973. The van der Waals surface area contributed by atoms with Gasteiger partial charge >= 0.3 is 0 Å². The van der Waals surface area contributed by atoms with E-state index in [2.05, 4.69) is 35.3 Å². The van der Waals surface area contributed by atoms with Crippen LogP contribution in [0.4, 0.5) is 0 Å². The van der Waals surface area contributed by atoms with Crippen molar-refractivity contribution in [2.24, 2.45) is 0 Å². The summed E-state index contributed by atoms with van der Waals surface area (Å²) < 4.78 is 1.75. The van der Waals surface area contributed by atoms with Crippen LogP contribution in [0.1, 0.15) is 32.1 Å². The number of carbonyl (C=O) groups excluding carboxylic acids is 2. The quantitative estimate of drug-likeness (QED) is 0.410. The first kappa shape index (κ1) is 16.0. The maximum Gasteiger partial charge on any atom is 0.214 e. The van der Waals surface area contributed by atoms with Crippen molar-refractivity contribution in [3.8, 4) is 11.1 Å². The second-order valence-corrected chi connectivity index (χ2v) is 7.22. The predicted molar refractivity (Wildman–Crippen MR) is 111 cm³/mol. The molecule has 4 heteroatoms. The summed E-state index contributed by atoms with van der Waals surface area (Å²) in [7, 11) is 0. The topological polar surface area (TPSA) is 51.4 Å². The maximum absolute atomic E-state index is 13.1. The van der Waals surface area contributed by atoms with Crippen LogP contribution in [0.15, 0.2) is 85.1 Å². The minimum Gasteiger partial charge on any atom is -0.295 e. The molecule has 29 heavy (non-hydrogen) atoms. The van der Waals surface area contributed by atoms with E-state index < -0.39 is 0 Å². The standard InChI is InChI=1S/C25H14N2O2/c28-24-19-7-3-4-8-20(19)25(29)23-22(24)26-21-12-11-18(14-27(21)23)17-10-9-15-5-1-2-6-16(15)13-17/h1-14H. The van der Waals surface area contributed by atoms with Gasteiger partial charge in [-0.15, -0.1) is 0 Å². The van der Waals surface area contributed by atoms with Gasteiger partial charge in [-0.2, -0.15) is 0 Å². The summed E-state index contributed by atoms with van der Waals surface area (Å²) in [6.45, 7) is 0. The predicted octanol–water partition coefficient (Wildman–Crippen LogP) is 4.93. The van der Waals surface area contributed by atoms with Crippen LogP contribution in [0.2, 0.25) is 0 Å². The number of ketones is 2. The number of hydrogen-bond acceptors (Lipinski definition) is 3. The minimum atomic E-state index is -0.203. The van der Waals surface area contributed by atoms with Crippen molar-refractivity contribution in [1.82, 2.24) is 9.38 Å². The van der Waals surface area contributed by atoms with E-state index in [9.17, 15) is 9.59 Å². The third-order valence-corrected chi connectivity index (χ3v) is 5.55. The number of nitrogens with zero attached hydrogens (tertiary/aromatic N) is 2. The molecule has 0 saturated carbocycles. The molecule has 0 atom stereocenters. The lowest BCUT2D eigenvalue weighted by Crippen LogP contribution is -2.21. The van der Waals surface area contributed by atoms with Crippen molar-refractivity contribution in [1.29, 1.82) is 0 Å². The number of rotatable bonds is 1. The summed E-state index contributed by atoms with van der Waals surface area (Å²) in [5.74, 6) is -0.371. The molecule has 2 heterocycles. The number of hydrogen-bond donors (Lipinski definition) is 0. The van der Waals surface area contributed by atoms with Crippen molar-refractivity contribution in [3.63, 3.8) is 0 Å². The van der Waals surface area contributed by atoms with Gasteiger partial charge in [0.2, 0.25) is 11.6 Å². The normalized spacial score (nSPS) is 13.0. The first-order valence-electron chi connectivity index (χ1n) is 9.40. The van der Waals surface area contributed by atoms with E-state index in [1.54, 1.807) is 28.7 Å². The average Bonchev–Trinajstić information content (AvgIpc) is 3.16. The third-order valence-electron chi connectivity index (χ3n) is 5.55. The van der Waals surface area contributed by atoms with Gasteiger partial charge in [0.05, 0.1) is 0 Å². The number of imidazole rings is 1. The van der Waals surface area contributed by atoms with Crippen LogP contribution in [-0.4, -0.2) is 21.0 Å². The lowest BCUT2D eigenvalue weighted by atomic mass is 9.90. The largest absolute Gasteiger partial charge is 0.295 e. The number of pyridine rings is 1. The van der Waals surface area contributed by atoms with Gasteiger partial charge in [0.1, 0.15) is 17.0 Å². The lowest BCUT2D eigenvalue weighted by Gasteiger charge is -2.13. The summed E-state index contributed by atoms with van der Waals surface area (Å²) in [4.78, 5) is 30.5. The van der Waals surface area contributed by atoms with Crippen LogP contribution in [0.25, 0.3) is 27.5 Å². The van der Waals surface area contributed by atoms with Crippen molar-refractivity contribution in [3.05, 3.63) is 108 Å². The Bertz CT molecular complexity index is 1490. The molecule has 2 aromatic heterocycles. The summed E-state index contributed by atoms with van der Waals surface area (Å²) >= 11 is 0. The minimum absolute atomic E-state index is 0.168. The Morgan fingerprint density at radius 3 is 2.17 bits per heavy atom. The molecular weight excluding hydrogens is 360 g/mol. The zero-order valence-corrected chi connectivity index (χ0v) is 15.3. The molecule has 0 fully saturated rings. The van der Waals surface area contributed by atoms with Crippen molar-refractivity contribution < 1.29 is 9.59 Å². The second-order valence-electron chi connectivity index (χ2n) is 7.22. The molecule has 0 unspecified atom stereocenters. The Kier molecular flexibility index (Phi) is 3.15. The summed E-state index contributed by atoms with van der Waals surface area (Å²) in [6, 6.07) is 25.2. The number of fused-ring (bicyclic) bond motifs is 5. The fourth-order valence-corrected chi connectivity index (χ4v) is 4.09. The van der Waals surface area contributed by atoms with Crippen LogP contribution in [0, 0.1) is 0 Å². The highest BCUT2D eigenvalue weighted by molar-refractivity contribution is 6.27. The van der Waals surface area contributed by atoms with Crippen molar-refractivity contribution in [2.75, 3.05) is 0 Å². The first-order chi connectivity index (χ1) is 14.2. The molecule has 0 aliphatic heterocycles. The molecule has 136 valence electrons. The molecule has 0 amide bonds. The van der Waals surface area contributed by atoms with E-state index in [-0.39, 0.29) is 17.3 Å². The molecule has 0 spiro atoms. The summed E-state index contributed by atoms with van der Waals surface area (Å²) in [5, 5.41) is 2.33. The fourth-order valence-electron chi connectivity index (χ4n) is 4.09. The molecule has 4 nitrogen and oxygen atoms in total. The molecule has 3 aromatic carbocycles. The van der Waals surface area contributed by atoms with Crippen LogP contribution in [-0.2, 0) is 0 Å². The third kappa shape index (κ3) is 2.23. The number of benzene rings is 3. The number of aromatic nitrogens is 2. The zero-order valence-electron chi connectivity index (χ0n) is 15.3. The molecule has 0 bridgehead atoms. The fraction of sp³-hybridized carbons (Fsp3) is 0. The Hall–Kier alpha value is -4.05. The van der Waals surface area contributed by atoms with Crippen LogP contribution in [0.5, 0.6) is 0 Å². The van der Waals surface area contributed by atoms with E-state index in [4.69, 9.17) is 0 Å². The number of carbonyl (C=O) groups is 2. The molecule has 6 rings (SSSR count). The monoisotopic (exact) mass is 374 g/mol. The van der Waals surface area contributed by atoms with Crippen LogP contribution < -0.4 is 0 Å². The van der Waals surface area contributed by atoms with Crippen LogP contribution in [0.3, 0.4) is 0 Å². The molecule has 5 aromatic rings. The van der Waals surface area contributed by atoms with Crippen LogP contribution >= 0.6 is 0 Å². The molecule has 0 saturated heterocycles. The smallest absolute Gasteiger partial charge is 0.214 e. The van der Waals surface area contributed by atoms with E-state index in [0.717, 1.165) is 16.5 Å². The van der Waals surface area contributed by atoms with Crippen molar-refractivity contribution >= 4 is 28.0 Å². The first-order valence-corrected chi connectivity index (χ1v) is 9.40. The molecule has 0 radical (unpaired) electrons. The van der Waals surface area contributed by atoms with Gasteiger partial charge in [-0.1, -0.05) is 60.7 Å². The second kappa shape index (κ2) is 5.72.